The lowest BCUT2D eigenvalue weighted by Gasteiger charge is -2.43. The number of aryl methyl sites for hydroxylation is 1. The number of ether oxygens (including phenoxy) is 1. The summed E-state index contributed by atoms with van der Waals surface area (Å²) in [6.45, 7) is 3.01. The summed E-state index contributed by atoms with van der Waals surface area (Å²) in [4.78, 5) is 0. The van der Waals surface area contributed by atoms with E-state index in [4.69, 9.17) is 4.74 Å². The van der Waals surface area contributed by atoms with Gasteiger partial charge in [0, 0.05) is 28.2 Å². The van der Waals surface area contributed by atoms with E-state index in [1.54, 1.807) is 0 Å². The van der Waals surface area contributed by atoms with Crippen molar-refractivity contribution in [1.82, 2.24) is 0 Å². The number of anilines is 1. The Balaban J connectivity index is 1.77. The van der Waals surface area contributed by atoms with Crippen LogP contribution in [0.1, 0.15) is 41.7 Å². The molecular weight excluding hydrogens is 338 g/mol. The van der Waals surface area contributed by atoms with Gasteiger partial charge in [-0.05, 0) is 43.5 Å². The standard InChI is InChI=1S/C19H20BrNO/c1-12-4-6-13(7-5-12)18-15-3-2-10-22-19(15)16-11-14(20)8-9-17(16)21-18/h4-9,11,15,18-19,21H,2-3,10H2,1H3/t15-,18+,19-/m0/s1. The summed E-state index contributed by atoms with van der Waals surface area (Å²) in [6.07, 6.45) is 2.56. The Morgan fingerprint density at radius 1 is 1.14 bits per heavy atom. The maximum Gasteiger partial charge on any atom is 0.0896 e. The molecular formula is C19H20BrNO. The molecule has 4 rings (SSSR count). The maximum absolute atomic E-state index is 6.18. The van der Waals surface area contributed by atoms with Gasteiger partial charge in [-0.3, -0.25) is 0 Å². The summed E-state index contributed by atoms with van der Waals surface area (Å²) < 4.78 is 7.30. The summed E-state index contributed by atoms with van der Waals surface area (Å²) >= 11 is 3.59. The molecule has 2 aliphatic heterocycles. The predicted molar refractivity (Wildman–Crippen MR) is 93.1 cm³/mol. The first-order chi connectivity index (χ1) is 10.7. The molecule has 1 saturated heterocycles. The largest absolute Gasteiger partial charge is 0.378 e. The molecule has 22 heavy (non-hydrogen) atoms. The Bertz CT molecular complexity index is 682. The lowest BCUT2D eigenvalue weighted by molar-refractivity contribution is -0.0381. The van der Waals surface area contributed by atoms with Crippen molar-refractivity contribution in [2.75, 3.05) is 11.9 Å². The van der Waals surface area contributed by atoms with Crippen molar-refractivity contribution in [3.63, 3.8) is 0 Å². The lowest BCUT2D eigenvalue weighted by Crippen LogP contribution is -2.36. The van der Waals surface area contributed by atoms with E-state index in [9.17, 15) is 0 Å². The van der Waals surface area contributed by atoms with Crippen molar-refractivity contribution in [2.24, 2.45) is 5.92 Å². The van der Waals surface area contributed by atoms with Crippen molar-refractivity contribution in [3.8, 4) is 0 Å². The smallest absolute Gasteiger partial charge is 0.0896 e. The minimum Gasteiger partial charge on any atom is -0.378 e. The number of nitrogens with one attached hydrogen (secondary N) is 1. The van der Waals surface area contributed by atoms with Gasteiger partial charge in [0.2, 0.25) is 0 Å². The number of rotatable bonds is 1. The molecule has 2 aromatic carbocycles. The molecule has 3 atom stereocenters. The van der Waals surface area contributed by atoms with Crippen LogP contribution >= 0.6 is 15.9 Å². The van der Waals surface area contributed by atoms with Gasteiger partial charge >= 0.3 is 0 Å². The predicted octanol–water partition coefficient (Wildman–Crippen LogP) is 5.39. The zero-order valence-corrected chi connectivity index (χ0v) is 14.3. The molecule has 1 fully saturated rings. The number of hydrogen-bond donors (Lipinski definition) is 1. The molecule has 0 unspecified atom stereocenters. The van der Waals surface area contributed by atoms with Crippen LogP contribution in [0.4, 0.5) is 5.69 Å². The van der Waals surface area contributed by atoms with E-state index in [1.165, 1.54) is 28.8 Å². The molecule has 0 amide bonds. The van der Waals surface area contributed by atoms with E-state index in [0.717, 1.165) is 17.5 Å². The maximum atomic E-state index is 6.18. The Morgan fingerprint density at radius 3 is 2.77 bits per heavy atom. The monoisotopic (exact) mass is 357 g/mol. The van der Waals surface area contributed by atoms with E-state index in [2.05, 4.69) is 70.6 Å². The third-order valence-electron chi connectivity index (χ3n) is 4.86. The molecule has 0 aliphatic carbocycles. The van der Waals surface area contributed by atoms with Gasteiger partial charge in [-0.15, -0.1) is 0 Å². The Labute approximate surface area is 140 Å². The first-order valence-corrected chi connectivity index (χ1v) is 8.76. The second kappa shape index (κ2) is 5.71. The Morgan fingerprint density at radius 2 is 1.95 bits per heavy atom. The van der Waals surface area contributed by atoms with E-state index >= 15 is 0 Å². The highest BCUT2D eigenvalue weighted by atomic mass is 79.9. The third kappa shape index (κ3) is 2.46. The first kappa shape index (κ1) is 14.3. The summed E-state index contributed by atoms with van der Waals surface area (Å²) in [5.41, 5.74) is 5.17. The average molecular weight is 358 g/mol. The van der Waals surface area contributed by atoms with Gasteiger partial charge < -0.3 is 10.1 Å². The van der Waals surface area contributed by atoms with Crippen LogP contribution in [-0.4, -0.2) is 6.61 Å². The zero-order valence-electron chi connectivity index (χ0n) is 12.7. The second-order valence-corrected chi connectivity index (χ2v) is 7.28. The number of halogens is 1. The topological polar surface area (TPSA) is 21.3 Å². The molecule has 2 heterocycles. The fourth-order valence-electron chi connectivity index (χ4n) is 3.75. The van der Waals surface area contributed by atoms with Crippen molar-refractivity contribution in [3.05, 3.63) is 63.6 Å². The Hall–Kier alpha value is -1.32. The van der Waals surface area contributed by atoms with Crippen LogP contribution in [0, 0.1) is 12.8 Å². The number of fused-ring (bicyclic) bond motifs is 3. The molecule has 1 N–H and O–H groups in total. The fourth-order valence-corrected chi connectivity index (χ4v) is 4.12. The summed E-state index contributed by atoms with van der Waals surface area (Å²) in [6, 6.07) is 15.7. The highest BCUT2D eigenvalue weighted by Crippen LogP contribution is 2.49. The van der Waals surface area contributed by atoms with Crippen LogP contribution in [0.2, 0.25) is 0 Å². The van der Waals surface area contributed by atoms with Crippen LogP contribution in [-0.2, 0) is 4.74 Å². The van der Waals surface area contributed by atoms with Gasteiger partial charge in [-0.25, -0.2) is 0 Å². The van der Waals surface area contributed by atoms with Crippen LogP contribution in [0.5, 0.6) is 0 Å². The molecule has 0 aromatic heterocycles. The van der Waals surface area contributed by atoms with Gasteiger partial charge in [0.05, 0.1) is 12.1 Å². The quantitative estimate of drug-likeness (QED) is 0.738. The number of hydrogen-bond acceptors (Lipinski definition) is 2. The average Bonchev–Trinajstić information content (AvgIpc) is 2.55. The van der Waals surface area contributed by atoms with E-state index in [-0.39, 0.29) is 6.10 Å². The molecule has 114 valence electrons. The molecule has 2 aromatic rings. The van der Waals surface area contributed by atoms with Crippen molar-refractivity contribution >= 4 is 21.6 Å². The second-order valence-electron chi connectivity index (χ2n) is 6.36. The normalized spacial score (nSPS) is 26.7. The van der Waals surface area contributed by atoms with Crippen LogP contribution in [0.15, 0.2) is 46.9 Å². The van der Waals surface area contributed by atoms with Crippen molar-refractivity contribution in [1.29, 1.82) is 0 Å². The summed E-state index contributed by atoms with van der Waals surface area (Å²) in [7, 11) is 0. The van der Waals surface area contributed by atoms with Crippen molar-refractivity contribution < 1.29 is 4.74 Å². The van der Waals surface area contributed by atoms with E-state index < -0.39 is 0 Å². The minimum absolute atomic E-state index is 0.203. The van der Waals surface area contributed by atoms with Gasteiger partial charge in [0.1, 0.15) is 0 Å². The molecule has 2 nitrogen and oxygen atoms in total. The zero-order chi connectivity index (χ0) is 15.1. The molecule has 0 bridgehead atoms. The van der Waals surface area contributed by atoms with E-state index in [1.807, 2.05) is 0 Å². The van der Waals surface area contributed by atoms with Crippen LogP contribution < -0.4 is 5.32 Å². The summed E-state index contributed by atoms with van der Waals surface area (Å²) in [5.74, 6) is 0.498. The molecule has 0 radical (unpaired) electrons. The lowest BCUT2D eigenvalue weighted by atomic mass is 9.77. The molecule has 2 aliphatic rings. The first-order valence-electron chi connectivity index (χ1n) is 7.96. The Kier molecular flexibility index (Phi) is 3.71. The fraction of sp³-hybridized carbons (Fsp3) is 0.368. The van der Waals surface area contributed by atoms with Crippen molar-refractivity contribution in [2.45, 2.75) is 31.9 Å². The van der Waals surface area contributed by atoms with Gasteiger partial charge in [-0.1, -0.05) is 45.8 Å². The molecule has 0 spiro atoms. The minimum atomic E-state index is 0.203. The SMILES string of the molecule is Cc1ccc([C@H]2Nc3ccc(Br)cc3[C@H]3OCCC[C@@H]23)cc1. The van der Waals surface area contributed by atoms with Gasteiger partial charge in [0.15, 0.2) is 0 Å². The highest BCUT2D eigenvalue weighted by molar-refractivity contribution is 9.10. The van der Waals surface area contributed by atoms with E-state index in [0.29, 0.717) is 12.0 Å². The summed E-state index contributed by atoms with van der Waals surface area (Å²) in [5, 5.41) is 3.76. The third-order valence-corrected chi connectivity index (χ3v) is 5.36. The molecule has 3 heteroatoms. The highest BCUT2D eigenvalue weighted by Gasteiger charge is 2.39. The van der Waals surface area contributed by atoms with Gasteiger partial charge in [-0.2, -0.15) is 0 Å². The van der Waals surface area contributed by atoms with Crippen LogP contribution in [0.3, 0.4) is 0 Å². The van der Waals surface area contributed by atoms with Gasteiger partial charge in [0.25, 0.3) is 0 Å². The number of benzene rings is 2. The molecule has 0 saturated carbocycles. The van der Waals surface area contributed by atoms with Crippen LogP contribution in [0.25, 0.3) is 0 Å².